The van der Waals surface area contributed by atoms with Crippen LogP contribution < -0.4 is 0 Å². The summed E-state index contributed by atoms with van der Waals surface area (Å²) in [7, 11) is 0. The topological polar surface area (TPSA) is 17.1 Å². The van der Waals surface area contributed by atoms with E-state index in [4.69, 9.17) is 0 Å². The van der Waals surface area contributed by atoms with Gasteiger partial charge in [-0.1, -0.05) is 13.8 Å². The van der Waals surface area contributed by atoms with Crippen LogP contribution in [0.2, 0.25) is 0 Å². The van der Waals surface area contributed by atoms with Gasteiger partial charge in [0.15, 0.2) is 5.78 Å². The molecule has 0 atom stereocenters. The second-order valence-corrected chi connectivity index (χ2v) is 4.20. The van der Waals surface area contributed by atoms with E-state index in [-0.39, 0.29) is 11.7 Å². The molecule has 0 unspecified atom stereocenters. The van der Waals surface area contributed by atoms with Gasteiger partial charge in [-0.2, -0.15) is 12.6 Å². The van der Waals surface area contributed by atoms with Crippen molar-refractivity contribution in [3.05, 3.63) is 0 Å². The smallest absolute Gasteiger partial charge is 0.150 e. The van der Waals surface area contributed by atoms with E-state index in [1.807, 2.05) is 27.7 Å². The third-order valence-corrected chi connectivity index (χ3v) is 1.35. The monoisotopic (exact) mass is 146 g/mol. The molecule has 0 heterocycles. The first kappa shape index (κ1) is 9.02. The minimum Gasteiger partial charge on any atom is -0.298 e. The summed E-state index contributed by atoms with van der Waals surface area (Å²) < 4.78 is -0.464. The first-order valence-electron chi connectivity index (χ1n) is 3.12. The molecule has 0 saturated carbocycles. The lowest BCUT2D eigenvalue weighted by molar-refractivity contribution is -0.123. The van der Waals surface area contributed by atoms with Crippen LogP contribution in [0, 0.1) is 5.92 Å². The third kappa shape index (κ3) is 2.89. The molecule has 54 valence electrons. The van der Waals surface area contributed by atoms with Crippen LogP contribution in [0.25, 0.3) is 0 Å². The van der Waals surface area contributed by atoms with Gasteiger partial charge in [0.1, 0.15) is 0 Å². The van der Waals surface area contributed by atoms with Crippen LogP contribution in [0.1, 0.15) is 27.7 Å². The molecule has 1 nitrogen and oxygen atoms in total. The predicted octanol–water partition coefficient (Wildman–Crippen LogP) is 1.92. The number of carbonyl (C=O) groups excluding carboxylic acids is 1. The van der Waals surface area contributed by atoms with Crippen LogP contribution in [0.15, 0.2) is 0 Å². The van der Waals surface area contributed by atoms with Crippen molar-refractivity contribution in [1.82, 2.24) is 0 Å². The van der Waals surface area contributed by atoms with Gasteiger partial charge in [0.25, 0.3) is 0 Å². The Kier molecular flexibility index (Phi) is 2.74. The number of carbonyl (C=O) groups is 1. The minimum absolute atomic E-state index is 0.0949. The molecule has 0 amide bonds. The lowest BCUT2D eigenvalue weighted by Gasteiger charge is -2.17. The van der Waals surface area contributed by atoms with Crippen molar-refractivity contribution in [3.63, 3.8) is 0 Å². The summed E-state index contributed by atoms with van der Waals surface area (Å²) in [5.74, 6) is 0.295. The zero-order valence-corrected chi connectivity index (χ0v) is 7.33. The summed E-state index contributed by atoms with van der Waals surface area (Å²) in [5, 5.41) is 0. The van der Waals surface area contributed by atoms with Crippen LogP contribution in [-0.4, -0.2) is 10.5 Å². The van der Waals surface area contributed by atoms with Crippen molar-refractivity contribution in [1.29, 1.82) is 0 Å². The van der Waals surface area contributed by atoms with Crippen LogP contribution in [0.5, 0.6) is 0 Å². The molecule has 0 aliphatic heterocycles. The molecule has 0 spiro atoms. The van der Waals surface area contributed by atoms with E-state index in [1.165, 1.54) is 0 Å². The Morgan fingerprint density at radius 1 is 1.44 bits per heavy atom. The van der Waals surface area contributed by atoms with Gasteiger partial charge in [0.2, 0.25) is 0 Å². The molecule has 0 aromatic heterocycles. The molecule has 9 heavy (non-hydrogen) atoms. The molecular formula is C7H14OS. The minimum atomic E-state index is -0.464. The number of thiol groups is 1. The fourth-order valence-corrected chi connectivity index (χ4v) is 0.965. The Labute approximate surface area is 62.2 Å². The first-order chi connectivity index (χ1) is 3.85. The fourth-order valence-electron chi connectivity index (χ4n) is 0.706. The third-order valence-electron chi connectivity index (χ3n) is 1.13. The lowest BCUT2D eigenvalue weighted by Crippen LogP contribution is -2.28. The molecule has 0 aromatic carbocycles. The van der Waals surface area contributed by atoms with Crippen molar-refractivity contribution in [2.75, 3.05) is 0 Å². The number of ketones is 1. The highest BCUT2D eigenvalue weighted by Gasteiger charge is 2.24. The lowest BCUT2D eigenvalue weighted by atomic mass is 9.98. The molecule has 0 N–H and O–H groups in total. The van der Waals surface area contributed by atoms with Crippen molar-refractivity contribution in [2.24, 2.45) is 5.92 Å². The zero-order chi connectivity index (χ0) is 7.65. The number of hydrogen-bond acceptors (Lipinski definition) is 2. The van der Waals surface area contributed by atoms with E-state index in [1.54, 1.807) is 0 Å². The average molecular weight is 146 g/mol. The quantitative estimate of drug-likeness (QED) is 0.589. The summed E-state index contributed by atoms with van der Waals surface area (Å²) in [6, 6.07) is 0. The highest BCUT2D eigenvalue weighted by Crippen LogP contribution is 2.17. The van der Waals surface area contributed by atoms with E-state index in [0.29, 0.717) is 0 Å². The normalized spacial score (nSPS) is 12.2. The highest BCUT2D eigenvalue weighted by molar-refractivity contribution is 7.82. The summed E-state index contributed by atoms with van der Waals surface area (Å²) in [6.45, 7) is 7.41. The first-order valence-corrected chi connectivity index (χ1v) is 3.57. The van der Waals surface area contributed by atoms with Crippen molar-refractivity contribution in [3.8, 4) is 0 Å². The Morgan fingerprint density at radius 3 is 1.78 bits per heavy atom. The second-order valence-electron chi connectivity index (χ2n) is 3.08. The Hall–Kier alpha value is 0.0200. The van der Waals surface area contributed by atoms with Gasteiger partial charge in [0, 0.05) is 5.92 Å². The van der Waals surface area contributed by atoms with Gasteiger partial charge in [-0.25, -0.2) is 0 Å². The van der Waals surface area contributed by atoms with Crippen LogP contribution in [0.4, 0.5) is 0 Å². The molecule has 0 aliphatic carbocycles. The molecule has 0 aromatic rings. The number of Topliss-reactive ketones (excluding diaryl/α,β-unsaturated/α-hetero) is 1. The molecular weight excluding hydrogens is 132 g/mol. The van der Waals surface area contributed by atoms with Gasteiger partial charge in [-0.05, 0) is 13.8 Å². The molecule has 2 heteroatoms. The Balaban J connectivity index is 4.06. The maximum Gasteiger partial charge on any atom is 0.150 e. The maximum absolute atomic E-state index is 11.1. The van der Waals surface area contributed by atoms with E-state index in [9.17, 15) is 4.79 Å². The molecule has 0 radical (unpaired) electrons. The molecule has 0 fully saturated rings. The summed E-state index contributed by atoms with van der Waals surface area (Å²) in [6.07, 6.45) is 0. The van der Waals surface area contributed by atoms with Crippen molar-refractivity contribution >= 4 is 18.4 Å². The maximum atomic E-state index is 11.1. The van der Waals surface area contributed by atoms with Gasteiger partial charge in [-0.3, -0.25) is 4.79 Å². The Bertz CT molecular complexity index is 111. The highest BCUT2D eigenvalue weighted by atomic mass is 32.1. The van der Waals surface area contributed by atoms with E-state index >= 15 is 0 Å². The molecule has 0 saturated heterocycles. The average Bonchev–Trinajstić information content (AvgIpc) is 1.62. The van der Waals surface area contributed by atoms with Gasteiger partial charge in [0.05, 0.1) is 4.75 Å². The fraction of sp³-hybridized carbons (Fsp3) is 0.857. The van der Waals surface area contributed by atoms with E-state index in [0.717, 1.165) is 0 Å². The van der Waals surface area contributed by atoms with Crippen LogP contribution in [0.3, 0.4) is 0 Å². The SMILES string of the molecule is CC(C)C(=O)C(C)(C)S. The standard InChI is InChI=1S/C7H14OS/c1-5(2)6(8)7(3,4)9/h5,9H,1-4H3. The van der Waals surface area contributed by atoms with Gasteiger partial charge < -0.3 is 0 Å². The summed E-state index contributed by atoms with van der Waals surface area (Å²) in [4.78, 5) is 11.1. The van der Waals surface area contributed by atoms with Crippen molar-refractivity contribution < 1.29 is 4.79 Å². The zero-order valence-electron chi connectivity index (χ0n) is 6.43. The van der Waals surface area contributed by atoms with Crippen molar-refractivity contribution in [2.45, 2.75) is 32.4 Å². The Morgan fingerprint density at radius 2 is 1.78 bits per heavy atom. The number of hydrogen-bond donors (Lipinski definition) is 1. The van der Waals surface area contributed by atoms with Crippen LogP contribution in [-0.2, 0) is 4.79 Å². The van der Waals surface area contributed by atoms with Gasteiger partial charge >= 0.3 is 0 Å². The second kappa shape index (κ2) is 2.74. The number of rotatable bonds is 2. The van der Waals surface area contributed by atoms with Gasteiger partial charge in [-0.15, -0.1) is 0 Å². The van der Waals surface area contributed by atoms with Crippen LogP contribution >= 0.6 is 12.6 Å². The summed E-state index contributed by atoms with van der Waals surface area (Å²) in [5.41, 5.74) is 0. The van der Waals surface area contributed by atoms with E-state index < -0.39 is 4.75 Å². The predicted molar refractivity (Wildman–Crippen MR) is 42.9 cm³/mol. The molecule has 0 aliphatic rings. The molecule has 0 rings (SSSR count). The summed E-state index contributed by atoms with van der Waals surface area (Å²) >= 11 is 4.14. The largest absolute Gasteiger partial charge is 0.298 e. The van der Waals surface area contributed by atoms with E-state index in [2.05, 4.69) is 12.6 Å². The molecule has 0 bridgehead atoms.